The van der Waals surface area contributed by atoms with E-state index in [4.69, 9.17) is 29.5 Å². The molecule has 2 amide bonds. The highest BCUT2D eigenvalue weighted by Gasteiger charge is 2.33. The maximum Gasteiger partial charge on any atom is 0.247 e. The van der Waals surface area contributed by atoms with E-state index in [0.29, 0.717) is 90.4 Å². The van der Waals surface area contributed by atoms with E-state index in [2.05, 4.69) is 61.8 Å². The van der Waals surface area contributed by atoms with Crippen molar-refractivity contribution in [2.24, 2.45) is 21.9 Å². The Bertz CT molecular complexity index is 2040. The number of carbonyl (C=O) groups excluding carboxylic acids is 2. The van der Waals surface area contributed by atoms with Crippen LogP contribution in [0.3, 0.4) is 0 Å². The average Bonchev–Trinajstić information content (AvgIpc) is 4.20. The second-order valence-electron chi connectivity index (χ2n) is 17.0. The second kappa shape index (κ2) is 33.3. The topological polar surface area (TPSA) is 162 Å². The number of rotatable bonds is 37. The van der Waals surface area contributed by atoms with E-state index in [-0.39, 0.29) is 24.3 Å². The number of hydrogen-bond acceptors (Lipinski definition) is 12. The lowest BCUT2D eigenvalue weighted by atomic mass is 10.0. The number of amides is 2. The van der Waals surface area contributed by atoms with Crippen LogP contribution in [-0.4, -0.2) is 133 Å². The fourth-order valence-electron chi connectivity index (χ4n) is 7.28. The molecule has 15 heteroatoms. The Kier molecular flexibility index (Phi) is 27.1. The number of ether oxygens (including phenoxy) is 5. The summed E-state index contributed by atoms with van der Waals surface area (Å²) in [6, 6.07) is 22.3. The maximum absolute atomic E-state index is 14.1. The highest BCUT2D eigenvalue weighted by Crippen LogP contribution is 2.34. The van der Waals surface area contributed by atoms with E-state index in [0.717, 1.165) is 70.7 Å². The van der Waals surface area contributed by atoms with Gasteiger partial charge in [0.1, 0.15) is 24.1 Å². The maximum atomic E-state index is 14.1. The zero-order chi connectivity index (χ0) is 49.5. The number of likely N-dealkylation sites (N-methyl/N-ethyl adjacent to an activating group) is 1. The Morgan fingerprint density at radius 3 is 2.16 bits per heavy atom. The average molecular weight is 1020 g/mol. The molecule has 3 aromatic rings. The molecular weight excluding hydrogens is 939 g/mol. The number of aryl methyl sites for hydroxylation is 1. The Morgan fingerprint density at radius 2 is 1.49 bits per heavy atom. The predicted molar refractivity (Wildman–Crippen MR) is 283 cm³/mol. The predicted octanol–water partition coefficient (Wildman–Crippen LogP) is 8.59. The van der Waals surface area contributed by atoms with Gasteiger partial charge in [-0.3, -0.25) is 14.6 Å². The van der Waals surface area contributed by atoms with Crippen molar-refractivity contribution in [3.8, 4) is 11.5 Å². The lowest BCUT2D eigenvalue weighted by Gasteiger charge is -2.33. The Balaban J connectivity index is 1.05. The van der Waals surface area contributed by atoms with E-state index in [9.17, 15) is 9.59 Å². The fraction of sp³-hybridized carbons (Fsp3) is 0.481. The Labute approximate surface area is 419 Å². The monoisotopic (exact) mass is 1010 g/mol. The third-order valence-electron chi connectivity index (χ3n) is 11.6. The minimum atomic E-state index is -0.768. The van der Waals surface area contributed by atoms with Crippen LogP contribution in [0.4, 0.5) is 5.69 Å². The van der Waals surface area contributed by atoms with Crippen LogP contribution in [0.25, 0.3) is 0 Å². The van der Waals surface area contributed by atoms with Crippen LogP contribution in [0, 0.1) is 5.92 Å². The minimum absolute atomic E-state index is 0.0473. The third kappa shape index (κ3) is 22.8. The van der Waals surface area contributed by atoms with Crippen LogP contribution in [0.5, 0.6) is 11.5 Å². The first kappa shape index (κ1) is 56.3. The number of halogens is 1. The highest BCUT2D eigenvalue weighted by molar-refractivity contribution is 9.10. The number of allylic oxidation sites excluding steroid dienone is 2. The molecule has 0 bridgehead atoms. The van der Waals surface area contributed by atoms with Crippen molar-refractivity contribution in [1.82, 2.24) is 15.1 Å². The summed E-state index contributed by atoms with van der Waals surface area (Å²) >= 11 is 3.52. The molecule has 0 heterocycles. The summed E-state index contributed by atoms with van der Waals surface area (Å²) in [6.07, 6.45) is 13.4. The van der Waals surface area contributed by atoms with Crippen molar-refractivity contribution in [2.75, 3.05) is 98.4 Å². The summed E-state index contributed by atoms with van der Waals surface area (Å²) in [5.41, 5.74) is 4.35. The van der Waals surface area contributed by atoms with Crippen molar-refractivity contribution in [3.63, 3.8) is 0 Å². The van der Waals surface area contributed by atoms with Gasteiger partial charge in [-0.25, -0.2) is 0 Å². The molecule has 0 spiro atoms. The lowest BCUT2D eigenvalue weighted by molar-refractivity contribution is -0.141. The first-order valence-corrected chi connectivity index (χ1v) is 25.0. The summed E-state index contributed by atoms with van der Waals surface area (Å²) in [7, 11) is 3.97. The summed E-state index contributed by atoms with van der Waals surface area (Å²) in [4.78, 5) is 36.6. The number of benzene rings is 3. The van der Waals surface area contributed by atoms with Gasteiger partial charge in [-0.2, -0.15) is 5.10 Å². The van der Waals surface area contributed by atoms with Crippen LogP contribution in [-0.2, 0) is 30.2 Å². The van der Waals surface area contributed by atoms with Crippen LogP contribution in [0.1, 0.15) is 69.0 Å². The van der Waals surface area contributed by atoms with Gasteiger partial charge in [0.2, 0.25) is 11.8 Å². The Morgan fingerprint density at radius 1 is 0.826 bits per heavy atom. The molecule has 4 N–H and O–H groups in total. The number of nitrogens with two attached hydrogens (primary N) is 1. The molecule has 2 unspecified atom stereocenters. The second-order valence-corrected chi connectivity index (χ2v) is 17.9. The molecule has 0 aromatic heterocycles. The number of nitrogens with zero attached hydrogens (tertiary/aromatic N) is 4. The van der Waals surface area contributed by atoms with Crippen LogP contribution in [0.2, 0.25) is 0 Å². The Hall–Kier alpha value is -5.32. The molecule has 0 aliphatic heterocycles. The number of hydrogen-bond donors (Lipinski definition) is 3. The summed E-state index contributed by atoms with van der Waals surface area (Å²) in [5, 5.41) is 10.0. The molecule has 0 radical (unpaired) electrons. The number of unbranched alkanes of at least 4 members (excludes halogenated alkanes) is 1. The molecule has 1 aliphatic carbocycles. The van der Waals surface area contributed by atoms with Gasteiger partial charge in [0, 0.05) is 49.4 Å². The number of nitrogens with one attached hydrogen (secondary N) is 2. The van der Waals surface area contributed by atoms with Gasteiger partial charge in [-0.15, -0.1) is 0 Å². The standard InChI is InChI=1S/C54H76BrN7O7/c1-6-10-45(7-2)42(3)59-54(64)53(46-16-18-47(55)19-17-46)62(31-27-44-11-12-44)52(63)26-15-43-13-22-50(23-14-43)68-33-9-8-30-61(5)32-36-67-38-37-65-34-28-49(60-56)41-58-29-35-66-39-40-69-51-24-20-48(57-4)21-25-51/h6-7,10,13-14,16-25,41-42,44,53,57H,1-2,8-9,11-12,15,26-40,56H2,3-5H3,(H,59,64)/b45-10+,58-41?,60-49-. The normalized spacial score (nSPS) is 13.8. The molecule has 0 saturated heterocycles. The first-order chi connectivity index (χ1) is 33.6. The lowest BCUT2D eigenvalue weighted by Crippen LogP contribution is -2.46. The van der Waals surface area contributed by atoms with Gasteiger partial charge < -0.3 is 50.0 Å². The van der Waals surface area contributed by atoms with Gasteiger partial charge in [-0.1, -0.05) is 84.4 Å². The van der Waals surface area contributed by atoms with E-state index >= 15 is 0 Å². The van der Waals surface area contributed by atoms with Crippen molar-refractivity contribution < 1.29 is 33.3 Å². The first-order valence-electron chi connectivity index (χ1n) is 24.2. The largest absolute Gasteiger partial charge is 0.494 e. The van der Waals surface area contributed by atoms with Crippen molar-refractivity contribution in [2.45, 2.75) is 70.4 Å². The summed E-state index contributed by atoms with van der Waals surface area (Å²) in [6.45, 7) is 16.5. The molecule has 1 fully saturated rings. The van der Waals surface area contributed by atoms with Gasteiger partial charge >= 0.3 is 0 Å². The van der Waals surface area contributed by atoms with Crippen LogP contribution >= 0.6 is 15.9 Å². The molecular formula is C54H76BrN7O7. The van der Waals surface area contributed by atoms with Crippen LogP contribution < -0.4 is 25.9 Å². The highest BCUT2D eigenvalue weighted by atomic mass is 79.9. The van der Waals surface area contributed by atoms with Crippen molar-refractivity contribution in [1.29, 1.82) is 0 Å². The molecule has 376 valence electrons. The fourth-order valence-corrected chi connectivity index (χ4v) is 7.55. The number of anilines is 1. The molecule has 69 heavy (non-hydrogen) atoms. The summed E-state index contributed by atoms with van der Waals surface area (Å²) in [5.74, 6) is 7.47. The number of carbonyl (C=O) groups is 2. The SMILES string of the molecule is C=C/C=C(\C=C)C(C)NC(=O)C(c1ccc(Br)cc1)N(CCC1CC1)C(=O)CCc1ccc(OCCCCN(C)CCOCCOCC/C(C=NCCOCCOc2ccc(NC)cc2)=N/N)cc1. The molecule has 14 nitrogen and oxygen atoms in total. The quantitative estimate of drug-likeness (QED) is 0.0168. The molecule has 1 aliphatic rings. The minimum Gasteiger partial charge on any atom is -0.494 e. The van der Waals surface area contributed by atoms with Crippen molar-refractivity contribution >= 4 is 45.4 Å². The summed E-state index contributed by atoms with van der Waals surface area (Å²) < 4.78 is 29.7. The molecule has 2 atom stereocenters. The number of aliphatic imine (C=N–C) groups is 1. The molecule has 1 saturated carbocycles. The smallest absolute Gasteiger partial charge is 0.247 e. The zero-order valence-corrected chi connectivity index (χ0v) is 42.7. The van der Waals surface area contributed by atoms with Crippen molar-refractivity contribution in [3.05, 3.63) is 125 Å². The van der Waals surface area contributed by atoms with E-state index in [1.165, 1.54) is 12.8 Å². The molecule has 3 aromatic carbocycles. The molecule has 4 rings (SSSR count). The van der Waals surface area contributed by atoms with Crippen LogP contribution in [0.15, 0.2) is 124 Å². The van der Waals surface area contributed by atoms with Gasteiger partial charge in [-0.05, 0) is 117 Å². The number of hydrazone groups is 1. The zero-order valence-electron chi connectivity index (χ0n) is 41.1. The van der Waals surface area contributed by atoms with E-state index < -0.39 is 6.04 Å². The van der Waals surface area contributed by atoms with E-state index in [1.807, 2.05) is 92.8 Å². The van der Waals surface area contributed by atoms with E-state index in [1.54, 1.807) is 23.3 Å². The van der Waals surface area contributed by atoms with Gasteiger partial charge in [0.05, 0.1) is 64.5 Å². The van der Waals surface area contributed by atoms with Gasteiger partial charge in [0.15, 0.2) is 0 Å². The third-order valence-corrected chi connectivity index (χ3v) is 12.1. The van der Waals surface area contributed by atoms with Gasteiger partial charge in [0.25, 0.3) is 0 Å².